The van der Waals surface area contributed by atoms with Gasteiger partial charge in [-0.05, 0) is 31.5 Å². The van der Waals surface area contributed by atoms with Gasteiger partial charge in [0, 0.05) is 12.0 Å². The van der Waals surface area contributed by atoms with Crippen LogP contribution < -0.4 is 0 Å². The van der Waals surface area contributed by atoms with Gasteiger partial charge in [0.1, 0.15) is 16.1 Å². The zero-order valence-corrected chi connectivity index (χ0v) is 17.6. The van der Waals surface area contributed by atoms with Crippen molar-refractivity contribution >= 4 is 43.7 Å². The monoisotopic (exact) mass is 489 g/mol. The number of carboxylic acids is 2. The van der Waals surface area contributed by atoms with Crippen LogP contribution in [0, 0.1) is 6.92 Å². The zero-order chi connectivity index (χ0) is 24.4. The van der Waals surface area contributed by atoms with Crippen molar-refractivity contribution in [2.75, 3.05) is 0 Å². The van der Waals surface area contributed by atoms with Gasteiger partial charge in [0.25, 0.3) is 20.2 Å². The molecule has 14 nitrogen and oxygen atoms in total. The Kier molecular flexibility index (Phi) is 6.94. The van der Waals surface area contributed by atoms with Gasteiger partial charge in [-0.2, -0.15) is 16.8 Å². The molecule has 0 atom stereocenters. The van der Waals surface area contributed by atoms with Crippen LogP contribution in [0.2, 0.25) is 0 Å². The molecule has 5 N–H and O–H groups in total. The van der Waals surface area contributed by atoms with Crippen molar-refractivity contribution in [1.29, 1.82) is 0 Å². The van der Waals surface area contributed by atoms with E-state index >= 15 is 0 Å². The minimum absolute atomic E-state index is 0.225. The molecule has 172 valence electrons. The predicted molar refractivity (Wildman–Crippen MR) is 104 cm³/mol. The summed E-state index contributed by atoms with van der Waals surface area (Å²) in [5, 5.41) is 35.4. The molecule has 0 spiro atoms. The maximum Gasteiger partial charge on any atom is 0.339 e. The van der Waals surface area contributed by atoms with Crippen LogP contribution in [0.5, 0.6) is 5.75 Å². The molecule has 1 aromatic carbocycles. The second kappa shape index (κ2) is 8.95. The van der Waals surface area contributed by atoms with Gasteiger partial charge in [-0.3, -0.25) is 13.9 Å². The maximum absolute atomic E-state index is 11.6. The molecule has 0 saturated carbocycles. The number of aromatic carboxylic acids is 1. The molecule has 32 heavy (non-hydrogen) atoms. The Morgan fingerprint density at radius 1 is 1.03 bits per heavy atom. The normalized spacial score (nSPS) is 12.2. The van der Waals surface area contributed by atoms with Gasteiger partial charge in [0.05, 0.1) is 10.6 Å². The van der Waals surface area contributed by atoms with Gasteiger partial charge in [0.2, 0.25) is 0 Å². The number of aromatic hydroxyl groups is 1. The van der Waals surface area contributed by atoms with Crippen LogP contribution in [-0.4, -0.2) is 58.2 Å². The molecular formula is C16H15N3O11S2. The van der Waals surface area contributed by atoms with Crippen LogP contribution in [0.1, 0.15) is 28.0 Å². The summed E-state index contributed by atoms with van der Waals surface area (Å²) in [6, 6.07) is 1.89. The number of azo groups is 1. The van der Waals surface area contributed by atoms with Crippen LogP contribution in [0.15, 0.2) is 38.2 Å². The second-order valence-electron chi connectivity index (χ2n) is 6.20. The lowest BCUT2D eigenvalue weighted by Crippen LogP contribution is -2.08. The highest BCUT2D eigenvalue weighted by molar-refractivity contribution is 7.86. The summed E-state index contributed by atoms with van der Waals surface area (Å²) < 4.78 is 64.3. The van der Waals surface area contributed by atoms with Gasteiger partial charge in [0.15, 0.2) is 11.6 Å². The summed E-state index contributed by atoms with van der Waals surface area (Å²) in [4.78, 5) is 24.7. The lowest BCUT2D eigenvalue weighted by molar-refractivity contribution is -0.136. The molecule has 0 aliphatic rings. The predicted octanol–water partition coefficient (Wildman–Crippen LogP) is 1.72. The highest BCUT2D eigenvalue weighted by Gasteiger charge is 2.24. The summed E-state index contributed by atoms with van der Waals surface area (Å²) in [6.07, 6.45) is -1.04. The van der Waals surface area contributed by atoms with Crippen LogP contribution in [0.25, 0.3) is 0 Å². The molecule has 0 amide bonds. The van der Waals surface area contributed by atoms with Crippen molar-refractivity contribution < 1.29 is 50.8 Å². The van der Waals surface area contributed by atoms with Crippen LogP contribution in [0.3, 0.4) is 0 Å². The number of aromatic nitrogens is 1. The number of carboxylic acid groups (broad SMARTS) is 2. The number of hydrogen-bond acceptors (Lipinski definition) is 10. The number of hydrogen-bond donors (Lipinski definition) is 5. The van der Waals surface area contributed by atoms with Crippen LogP contribution in [-0.2, 0) is 31.5 Å². The number of benzene rings is 1. The molecule has 1 heterocycles. The lowest BCUT2D eigenvalue weighted by Gasteiger charge is -2.11. The second-order valence-corrected chi connectivity index (χ2v) is 9.01. The number of aliphatic carboxylic acids is 1. The molecule has 0 aliphatic carbocycles. The topological polar surface area (TPSA) is 241 Å². The van der Waals surface area contributed by atoms with E-state index in [-0.39, 0.29) is 11.3 Å². The minimum Gasteiger partial charge on any atom is -0.505 e. The fourth-order valence-corrected chi connectivity index (χ4v) is 3.66. The van der Waals surface area contributed by atoms with Crippen molar-refractivity contribution in [1.82, 2.24) is 4.98 Å². The number of carbonyl (C=O) groups is 2. The minimum atomic E-state index is -4.93. The Bertz CT molecular complexity index is 1350. The highest BCUT2D eigenvalue weighted by atomic mass is 32.2. The van der Waals surface area contributed by atoms with E-state index in [9.17, 15) is 41.2 Å². The summed E-state index contributed by atoms with van der Waals surface area (Å²) in [5.74, 6) is -4.18. The SMILES string of the molecule is Cc1nc(/N=N/c2cc(S(=O)(=O)O)ccc2S(=O)(=O)O)c(CCC(=O)O)c(C(=O)O)c1O. The van der Waals surface area contributed by atoms with Gasteiger partial charge < -0.3 is 15.3 Å². The molecule has 2 rings (SSSR count). The first-order valence-electron chi connectivity index (χ1n) is 8.31. The first-order valence-corrected chi connectivity index (χ1v) is 11.2. The van der Waals surface area contributed by atoms with Crippen LogP contribution >= 0.6 is 0 Å². The first kappa shape index (κ1) is 24.8. The summed E-state index contributed by atoms with van der Waals surface area (Å²) in [6.45, 7) is 1.21. The van der Waals surface area contributed by atoms with E-state index < -0.39 is 77.6 Å². The van der Waals surface area contributed by atoms with E-state index in [1.807, 2.05) is 0 Å². The van der Waals surface area contributed by atoms with E-state index in [2.05, 4.69) is 15.2 Å². The van der Waals surface area contributed by atoms with E-state index in [1.165, 1.54) is 6.92 Å². The average Bonchev–Trinajstić information content (AvgIpc) is 2.65. The number of pyridine rings is 1. The largest absolute Gasteiger partial charge is 0.505 e. The third-order valence-corrected chi connectivity index (χ3v) is 5.74. The van der Waals surface area contributed by atoms with E-state index in [4.69, 9.17) is 9.66 Å². The molecule has 0 bridgehead atoms. The van der Waals surface area contributed by atoms with Crippen molar-refractivity contribution in [2.45, 2.75) is 29.6 Å². The molecular weight excluding hydrogens is 474 g/mol. The molecule has 0 aliphatic heterocycles. The van der Waals surface area contributed by atoms with E-state index in [0.717, 1.165) is 0 Å². The molecule has 0 radical (unpaired) electrons. The van der Waals surface area contributed by atoms with E-state index in [0.29, 0.717) is 18.2 Å². The standard InChI is InChI=1S/C16H15N3O11S2/c1-7-14(22)13(16(23)24)9(3-5-12(20)21)15(17-7)19-18-10-6-8(31(25,26)27)2-4-11(10)32(28,29)30/h2,4,6,22H,3,5H2,1H3,(H,20,21)(H,23,24)(H,25,26,27)(H,28,29,30)/b19-18+. The number of rotatable bonds is 8. The first-order chi connectivity index (χ1) is 14.6. The van der Waals surface area contributed by atoms with Crippen LogP contribution in [0.4, 0.5) is 11.5 Å². The zero-order valence-electron chi connectivity index (χ0n) is 16.0. The Labute approximate surface area is 180 Å². The summed E-state index contributed by atoms with van der Waals surface area (Å²) >= 11 is 0. The van der Waals surface area contributed by atoms with Crippen molar-refractivity contribution in [2.24, 2.45) is 10.2 Å². The quantitative estimate of drug-likeness (QED) is 0.263. The van der Waals surface area contributed by atoms with Crippen molar-refractivity contribution in [3.8, 4) is 5.75 Å². The Balaban J connectivity index is 2.77. The average molecular weight is 489 g/mol. The van der Waals surface area contributed by atoms with Gasteiger partial charge >= 0.3 is 11.9 Å². The summed E-state index contributed by atoms with van der Waals surface area (Å²) in [7, 11) is -9.73. The van der Waals surface area contributed by atoms with Crippen molar-refractivity contribution in [3.63, 3.8) is 0 Å². The van der Waals surface area contributed by atoms with Gasteiger partial charge in [-0.15, -0.1) is 10.2 Å². The molecule has 0 unspecified atom stereocenters. The number of nitrogens with zero attached hydrogens (tertiary/aromatic N) is 3. The molecule has 1 aromatic heterocycles. The lowest BCUT2D eigenvalue weighted by atomic mass is 10.0. The van der Waals surface area contributed by atoms with Gasteiger partial charge in [-0.25, -0.2) is 9.78 Å². The third-order valence-electron chi connectivity index (χ3n) is 3.99. The number of aryl methyl sites for hydroxylation is 1. The summed E-state index contributed by atoms with van der Waals surface area (Å²) in [5.41, 5.74) is -2.02. The fraction of sp³-hybridized carbons (Fsp3) is 0.188. The van der Waals surface area contributed by atoms with Crippen molar-refractivity contribution in [3.05, 3.63) is 35.0 Å². The van der Waals surface area contributed by atoms with E-state index in [1.54, 1.807) is 0 Å². The molecule has 16 heteroatoms. The molecule has 2 aromatic rings. The Morgan fingerprint density at radius 2 is 1.66 bits per heavy atom. The fourth-order valence-electron chi connectivity index (χ4n) is 2.55. The Hall–Kier alpha value is -3.47. The molecule has 0 fully saturated rings. The Morgan fingerprint density at radius 3 is 2.16 bits per heavy atom. The highest BCUT2D eigenvalue weighted by Crippen LogP contribution is 2.34. The molecule has 0 saturated heterocycles. The van der Waals surface area contributed by atoms with Gasteiger partial charge in [-0.1, -0.05) is 0 Å². The maximum atomic E-state index is 11.6. The third kappa shape index (κ3) is 5.61. The smallest absolute Gasteiger partial charge is 0.339 e.